The highest BCUT2D eigenvalue weighted by Crippen LogP contribution is 2.26. The first kappa shape index (κ1) is 12.1. The second-order valence-corrected chi connectivity index (χ2v) is 4.75. The Kier molecular flexibility index (Phi) is 3.22. The maximum Gasteiger partial charge on any atom is 0.326 e. The normalized spacial score (nSPS) is 12.9. The van der Waals surface area contributed by atoms with Gasteiger partial charge in [0.15, 0.2) is 0 Å². The Morgan fingerprint density at radius 3 is 2.82 bits per heavy atom. The third-order valence-corrected chi connectivity index (χ3v) is 3.29. The van der Waals surface area contributed by atoms with E-state index < -0.39 is 12.0 Å². The summed E-state index contributed by atoms with van der Waals surface area (Å²) in [5.41, 5.74) is 7.31. The topological polar surface area (TPSA) is 68.2 Å². The van der Waals surface area contributed by atoms with Gasteiger partial charge in [0, 0.05) is 27.6 Å². The number of fused-ring (bicyclic) bond motifs is 1. The van der Waals surface area contributed by atoms with Crippen LogP contribution in [0.1, 0.15) is 18.7 Å². The number of aryl methyl sites for hydroxylation is 1. The Balaban J connectivity index is 2.68. The van der Waals surface area contributed by atoms with E-state index in [1.165, 1.54) is 0 Å². The van der Waals surface area contributed by atoms with Gasteiger partial charge >= 0.3 is 5.97 Å². The van der Waals surface area contributed by atoms with E-state index in [0.29, 0.717) is 12.2 Å². The number of aliphatic carboxylic acids is 1. The van der Waals surface area contributed by atoms with Gasteiger partial charge in [-0.1, -0.05) is 22.0 Å². The molecule has 0 fully saturated rings. The summed E-state index contributed by atoms with van der Waals surface area (Å²) in [5.74, 6) is -1.01. The van der Waals surface area contributed by atoms with E-state index in [4.69, 9.17) is 10.8 Å². The molecule has 90 valence electrons. The van der Waals surface area contributed by atoms with Crippen molar-refractivity contribution >= 4 is 32.8 Å². The van der Waals surface area contributed by atoms with E-state index in [2.05, 4.69) is 15.9 Å². The molecule has 0 radical (unpaired) electrons. The van der Waals surface area contributed by atoms with E-state index in [1.807, 2.05) is 35.8 Å². The molecule has 0 saturated heterocycles. The zero-order valence-corrected chi connectivity index (χ0v) is 10.9. The summed E-state index contributed by atoms with van der Waals surface area (Å²) in [6.07, 6.45) is 0. The first-order valence-corrected chi connectivity index (χ1v) is 6.11. The standard InChI is InChI=1S/C12H13BrN2O2/c1-2-15-9-6-8(13)4-3-7(9)5-10(15)11(14)12(16)17/h3-6,11H,2,14H2,1H3,(H,16,17). The maximum absolute atomic E-state index is 11.0. The highest BCUT2D eigenvalue weighted by molar-refractivity contribution is 9.10. The minimum absolute atomic E-state index is 0.633. The highest BCUT2D eigenvalue weighted by Gasteiger charge is 2.20. The molecule has 0 amide bonds. The molecule has 17 heavy (non-hydrogen) atoms. The number of benzene rings is 1. The minimum atomic E-state index is -1.01. The molecule has 0 saturated carbocycles. The molecule has 0 aliphatic heterocycles. The Labute approximate surface area is 107 Å². The fraction of sp³-hybridized carbons (Fsp3) is 0.250. The number of hydrogen-bond donors (Lipinski definition) is 2. The third kappa shape index (κ3) is 2.08. The number of nitrogens with two attached hydrogens (primary N) is 1. The Bertz CT molecular complexity index is 577. The molecule has 0 spiro atoms. The molecule has 0 aliphatic carbocycles. The van der Waals surface area contributed by atoms with Crippen LogP contribution in [0.5, 0.6) is 0 Å². The summed E-state index contributed by atoms with van der Waals surface area (Å²) in [6, 6.07) is 6.70. The lowest BCUT2D eigenvalue weighted by molar-refractivity contribution is -0.138. The summed E-state index contributed by atoms with van der Waals surface area (Å²) < 4.78 is 2.90. The number of nitrogens with zero attached hydrogens (tertiary/aromatic N) is 1. The van der Waals surface area contributed by atoms with Crippen LogP contribution in [0, 0.1) is 0 Å². The molecule has 2 rings (SSSR count). The first-order valence-electron chi connectivity index (χ1n) is 5.31. The molecular weight excluding hydrogens is 284 g/mol. The van der Waals surface area contributed by atoms with Crippen LogP contribution in [0.4, 0.5) is 0 Å². The van der Waals surface area contributed by atoms with Crippen LogP contribution in [0.3, 0.4) is 0 Å². The summed E-state index contributed by atoms with van der Waals surface area (Å²) in [4.78, 5) is 11.0. The van der Waals surface area contributed by atoms with Gasteiger partial charge in [-0.25, -0.2) is 0 Å². The predicted octanol–water partition coefficient (Wildman–Crippen LogP) is 2.51. The van der Waals surface area contributed by atoms with Crippen molar-refractivity contribution in [2.75, 3.05) is 0 Å². The molecule has 3 N–H and O–H groups in total. The molecule has 4 nitrogen and oxygen atoms in total. The van der Waals surface area contributed by atoms with Gasteiger partial charge in [-0.05, 0) is 25.1 Å². The number of hydrogen-bond acceptors (Lipinski definition) is 2. The summed E-state index contributed by atoms with van der Waals surface area (Å²) >= 11 is 3.41. The molecule has 1 unspecified atom stereocenters. The Morgan fingerprint density at radius 1 is 1.53 bits per heavy atom. The van der Waals surface area contributed by atoms with Crippen molar-refractivity contribution in [1.29, 1.82) is 0 Å². The third-order valence-electron chi connectivity index (χ3n) is 2.80. The minimum Gasteiger partial charge on any atom is -0.480 e. The van der Waals surface area contributed by atoms with Crippen LogP contribution < -0.4 is 5.73 Å². The van der Waals surface area contributed by atoms with Crippen molar-refractivity contribution < 1.29 is 9.90 Å². The zero-order chi connectivity index (χ0) is 12.6. The van der Waals surface area contributed by atoms with Gasteiger partial charge in [-0.2, -0.15) is 0 Å². The lowest BCUT2D eigenvalue weighted by Crippen LogP contribution is -2.23. The van der Waals surface area contributed by atoms with E-state index in [0.717, 1.165) is 15.4 Å². The smallest absolute Gasteiger partial charge is 0.326 e. The van der Waals surface area contributed by atoms with Gasteiger partial charge in [-0.15, -0.1) is 0 Å². The second kappa shape index (κ2) is 4.50. The van der Waals surface area contributed by atoms with Crippen LogP contribution in [0.2, 0.25) is 0 Å². The number of halogens is 1. The molecule has 1 heterocycles. The molecular formula is C12H13BrN2O2. The largest absolute Gasteiger partial charge is 0.480 e. The van der Waals surface area contributed by atoms with Gasteiger partial charge in [0.2, 0.25) is 0 Å². The van der Waals surface area contributed by atoms with Crippen molar-refractivity contribution in [3.05, 3.63) is 34.4 Å². The molecule has 5 heteroatoms. The van der Waals surface area contributed by atoms with Crippen molar-refractivity contribution in [2.45, 2.75) is 19.5 Å². The van der Waals surface area contributed by atoms with Gasteiger partial charge in [0.05, 0.1) is 0 Å². The monoisotopic (exact) mass is 296 g/mol. The van der Waals surface area contributed by atoms with Crippen molar-refractivity contribution in [2.24, 2.45) is 5.73 Å². The molecule has 0 bridgehead atoms. The van der Waals surface area contributed by atoms with Crippen LogP contribution in [-0.2, 0) is 11.3 Å². The fourth-order valence-corrected chi connectivity index (χ4v) is 2.34. The van der Waals surface area contributed by atoms with Gasteiger partial charge in [0.1, 0.15) is 6.04 Å². The molecule has 0 aliphatic rings. The molecule has 2 aromatic rings. The van der Waals surface area contributed by atoms with Crippen LogP contribution >= 0.6 is 15.9 Å². The predicted molar refractivity (Wildman–Crippen MR) is 69.9 cm³/mol. The zero-order valence-electron chi connectivity index (χ0n) is 9.35. The quantitative estimate of drug-likeness (QED) is 0.914. The van der Waals surface area contributed by atoms with E-state index >= 15 is 0 Å². The Hall–Kier alpha value is -1.33. The average Bonchev–Trinajstić information content (AvgIpc) is 2.65. The van der Waals surface area contributed by atoms with E-state index in [9.17, 15) is 4.79 Å². The molecule has 1 aromatic carbocycles. The molecule has 1 aromatic heterocycles. The lowest BCUT2D eigenvalue weighted by Gasteiger charge is -2.11. The summed E-state index contributed by atoms with van der Waals surface area (Å²) in [5, 5.41) is 9.99. The van der Waals surface area contributed by atoms with E-state index in [1.54, 1.807) is 0 Å². The van der Waals surface area contributed by atoms with E-state index in [-0.39, 0.29) is 0 Å². The average molecular weight is 297 g/mol. The fourth-order valence-electron chi connectivity index (χ4n) is 1.99. The van der Waals surface area contributed by atoms with Crippen molar-refractivity contribution in [3.63, 3.8) is 0 Å². The van der Waals surface area contributed by atoms with Crippen LogP contribution in [0.15, 0.2) is 28.7 Å². The maximum atomic E-state index is 11.0. The first-order chi connectivity index (χ1) is 8.04. The molecule has 1 atom stereocenters. The number of rotatable bonds is 3. The Morgan fingerprint density at radius 2 is 2.24 bits per heavy atom. The number of carboxylic acids is 1. The van der Waals surface area contributed by atoms with Crippen molar-refractivity contribution in [3.8, 4) is 0 Å². The van der Waals surface area contributed by atoms with Crippen molar-refractivity contribution in [1.82, 2.24) is 4.57 Å². The van der Waals surface area contributed by atoms with Gasteiger partial charge < -0.3 is 15.4 Å². The number of carbonyl (C=O) groups is 1. The van der Waals surface area contributed by atoms with Gasteiger partial charge in [0.25, 0.3) is 0 Å². The number of carboxylic acid groups (broad SMARTS) is 1. The van der Waals surface area contributed by atoms with Gasteiger partial charge in [-0.3, -0.25) is 4.79 Å². The SMILES string of the molecule is CCn1c(C(N)C(=O)O)cc2ccc(Br)cc21. The van der Waals surface area contributed by atoms with Crippen LogP contribution in [-0.4, -0.2) is 15.6 Å². The van der Waals surface area contributed by atoms with Crippen LogP contribution in [0.25, 0.3) is 10.9 Å². The lowest BCUT2D eigenvalue weighted by atomic mass is 10.2. The summed E-state index contributed by atoms with van der Waals surface area (Å²) in [6.45, 7) is 2.66. The second-order valence-electron chi connectivity index (χ2n) is 3.83. The highest BCUT2D eigenvalue weighted by atomic mass is 79.9. The summed E-state index contributed by atoms with van der Waals surface area (Å²) in [7, 11) is 0. The number of aromatic nitrogens is 1.